The summed E-state index contributed by atoms with van der Waals surface area (Å²) in [6, 6.07) is 0. The summed E-state index contributed by atoms with van der Waals surface area (Å²) in [5.41, 5.74) is 2.45. The van der Waals surface area contributed by atoms with Crippen LogP contribution in [0.25, 0.3) is 0 Å². The van der Waals surface area contributed by atoms with Gasteiger partial charge in [0.2, 0.25) is 0 Å². The van der Waals surface area contributed by atoms with Gasteiger partial charge in [-0.2, -0.15) is 5.10 Å². The molecule has 1 aromatic rings. The lowest BCUT2D eigenvalue weighted by Crippen LogP contribution is -2.52. The van der Waals surface area contributed by atoms with Gasteiger partial charge in [-0.05, 0) is 62.2 Å². The second kappa shape index (κ2) is 6.44. The predicted molar refractivity (Wildman–Crippen MR) is 110 cm³/mol. The number of thioether (sulfide) groups is 1. The van der Waals surface area contributed by atoms with Gasteiger partial charge in [0.05, 0.1) is 11.7 Å². The number of hydrogen-bond donors (Lipinski definition) is 3. The number of nitrogens with one attached hydrogen (secondary N) is 1. The van der Waals surface area contributed by atoms with Gasteiger partial charge in [-0.1, -0.05) is 48.9 Å². The predicted octanol–water partition coefficient (Wildman–Crippen LogP) is 3.87. The second-order valence-electron chi connectivity index (χ2n) is 9.88. The molecule has 0 spiro atoms. The van der Waals surface area contributed by atoms with Crippen LogP contribution in [-0.4, -0.2) is 42.9 Å². The van der Waals surface area contributed by atoms with Crippen molar-refractivity contribution >= 4 is 11.8 Å². The average Bonchev–Trinajstić information content (AvgIpc) is 3.28. The van der Waals surface area contributed by atoms with Gasteiger partial charge in [-0.25, -0.2) is 4.98 Å². The fourth-order valence-electron chi connectivity index (χ4n) is 6.78. The molecule has 0 radical (unpaired) electrons. The summed E-state index contributed by atoms with van der Waals surface area (Å²) in [6.07, 6.45) is 13.0. The van der Waals surface area contributed by atoms with E-state index < -0.39 is 5.60 Å². The van der Waals surface area contributed by atoms with Crippen LogP contribution >= 0.6 is 11.8 Å². The van der Waals surface area contributed by atoms with Gasteiger partial charge in [-0.15, -0.1) is 0 Å². The Bertz CT molecular complexity index is 822. The summed E-state index contributed by atoms with van der Waals surface area (Å²) in [5.74, 6) is 1.69. The van der Waals surface area contributed by atoms with Crippen LogP contribution in [0.4, 0.5) is 0 Å². The normalized spacial score (nSPS) is 44.9. The Morgan fingerprint density at radius 2 is 1.96 bits per heavy atom. The van der Waals surface area contributed by atoms with Crippen LogP contribution in [0, 0.1) is 22.7 Å². The minimum atomic E-state index is -0.672. The smallest absolute Gasteiger partial charge is 0.183 e. The number of aliphatic hydroxyl groups excluding tert-OH is 1. The molecule has 5 nitrogen and oxygen atoms in total. The largest absolute Gasteiger partial charge is 0.393 e. The number of aliphatic hydroxyl groups is 2. The monoisotopic (exact) mass is 401 g/mol. The molecule has 6 heteroatoms. The molecule has 6 atom stereocenters. The first-order valence-electron chi connectivity index (χ1n) is 10.7. The maximum absolute atomic E-state index is 11.7. The van der Waals surface area contributed by atoms with Crippen LogP contribution in [0.3, 0.4) is 0 Å². The van der Waals surface area contributed by atoms with Crippen LogP contribution in [-0.2, 0) is 0 Å². The van der Waals surface area contributed by atoms with E-state index in [0.717, 1.165) is 50.1 Å². The molecule has 28 heavy (non-hydrogen) atoms. The molecule has 4 aliphatic rings. The van der Waals surface area contributed by atoms with Crippen LogP contribution in [0.1, 0.15) is 58.8 Å². The van der Waals surface area contributed by atoms with Gasteiger partial charge >= 0.3 is 0 Å². The second-order valence-corrected chi connectivity index (χ2v) is 10.8. The van der Waals surface area contributed by atoms with Crippen LogP contribution < -0.4 is 0 Å². The van der Waals surface area contributed by atoms with Crippen molar-refractivity contribution < 1.29 is 10.2 Å². The van der Waals surface area contributed by atoms with Crippen molar-refractivity contribution in [1.29, 1.82) is 0 Å². The Morgan fingerprint density at radius 1 is 1.14 bits per heavy atom. The van der Waals surface area contributed by atoms with Crippen molar-refractivity contribution in [3.63, 3.8) is 0 Å². The number of fused-ring (bicyclic) bond motifs is 5. The van der Waals surface area contributed by atoms with Crippen LogP contribution in [0.2, 0.25) is 0 Å². The SMILES string of the molecule is CC12CCC(O)CC1=CC=C1C2CCC2(C)C1CCC2(O)CSc1ncn[nH]1. The summed E-state index contributed by atoms with van der Waals surface area (Å²) in [6.45, 7) is 4.74. The molecule has 3 N–H and O–H groups in total. The number of nitrogens with zero attached hydrogens (tertiary/aromatic N) is 2. The highest BCUT2D eigenvalue weighted by Crippen LogP contribution is 2.66. The minimum absolute atomic E-state index is 0.0851. The first kappa shape index (κ1) is 18.9. The highest BCUT2D eigenvalue weighted by atomic mass is 32.2. The van der Waals surface area contributed by atoms with Crippen molar-refractivity contribution in [3.05, 3.63) is 29.6 Å². The van der Waals surface area contributed by atoms with E-state index in [1.54, 1.807) is 17.3 Å². The zero-order valence-corrected chi connectivity index (χ0v) is 17.6. The molecule has 1 heterocycles. The van der Waals surface area contributed by atoms with Crippen molar-refractivity contribution in [2.45, 2.75) is 75.7 Å². The van der Waals surface area contributed by atoms with Crippen LogP contribution in [0.15, 0.2) is 34.8 Å². The minimum Gasteiger partial charge on any atom is -0.393 e. The molecule has 3 fully saturated rings. The summed E-state index contributed by atoms with van der Waals surface area (Å²) in [7, 11) is 0. The van der Waals surface area contributed by atoms with Crippen LogP contribution in [0.5, 0.6) is 0 Å². The highest BCUT2D eigenvalue weighted by Gasteiger charge is 2.61. The third-order valence-corrected chi connectivity index (χ3v) is 9.80. The number of rotatable bonds is 3. The molecule has 0 bridgehead atoms. The first-order valence-corrected chi connectivity index (χ1v) is 11.6. The highest BCUT2D eigenvalue weighted by molar-refractivity contribution is 7.99. The van der Waals surface area contributed by atoms with E-state index in [-0.39, 0.29) is 16.9 Å². The number of aromatic amines is 1. The quantitative estimate of drug-likeness (QED) is 0.670. The first-order chi connectivity index (χ1) is 13.4. The molecule has 1 aromatic heterocycles. The zero-order chi connectivity index (χ0) is 19.6. The molecule has 6 unspecified atom stereocenters. The standard InChI is InChI=1S/C22H31N3O2S/c1-20-8-5-15(26)11-14(20)3-4-16-17(20)6-9-21(2)18(16)7-10-22(21,27)12-28-19-23-13-24-25-19/h3-4,13,15,17-18,26-27H,5-12H2,1-2H3,(H,23,24,25). The lowest BCUT2D eigenvalue weighted by atomic mass is 9.50. The Kier molecular flexibility index (Phi) is 4.35. The number of aromatic nitrogens is 3. The van der Waals surface area contributed by atoms with E-state index in [9.17, 15) is 10.2 Å². The Balaban J connectivity index is 1.43. The molecule has 4 aliphatic carbocycles. The number of allylic oxidation sites excluding steroid dienone is 3. The van der Waals surface area contributed by atoms with Crippen molar-refractivity contribution in [2.75, 3.05) is 5.75 Å². The fourth-order valence-corrected chi connectivity index (χ4v) is 7.87. The average molecular weight is 402 g/mol. The van der Waals surface area contributed by atoms with E-state index >= 15 is 0 Å². The maximum Gasteiger partial charge on any atom is 0.183 e. The molecule has 0 aliphatic heterocycles. The van der Waals surface area contributed by atoms with Gasteiger partial charge in [0.15, 0.2) is 5.16 Å². The van der Waals surface area contributed by atoms with E-state index in [1.807, 2.05) is 0 Å². The van der Waals surface area contributed by atoms with Gasteiger partial charge in [0, 0.05) is 11.2 Å². The molecule has 0 aromatic carbocycles. The molecule has 5 rings (SSSR count). The van der Waals surface area contributed by atoms with Crippen molar-refractivity contribution in [2.24, 2.45) is 22.7 Å². The molecule has 0 saturated heterocycles. The Morgan fingerprint density at radius 3 is 2.75 bits per heavy atom. The maximum atomic E-state index is 11.7. The van der Waals surface area contributed by atoms with Gasteiger partial charge in [0.25, 0.3) is 0 Å². The van der Waals surface area contributed by atoms with E-state index in [1.165, 1.54) is 11.9 Å². The van der Waals surface area contributed by atoms with E-state index in [2.05, 4.69) is 41.2 Å². The summed E-state index contributed by atoms with van der Waals surface area (Å²) < 4.78 is 0. The Hall–Kier alpha value is -1.11. The van der Waals surface area contributed by atoms with Gasteiger partial charge in [0.1, 0.15) is 6.33 Å². The third-order valence-electron chi connectivity index (χ3n) is 8.71. The topological polar surface area (TPSA) is 82.0 Å². The molecular formula is C22H31N3O2S. The third kappa shape index (κ3) is 2.60. The fraction of sp³-hybridized carbons (Fsp3) is 0.727. The van der Waals surface area contributed by atoms with Crippen molar-refractivity contribution in [3.8, 4) is 0 Å². The molecule has 3 saturated carbocycles. The van der Waals surface area contributed by atoms with Gasteiger partial charge in [-0.3, -0.25) is 5.10 Å². The summed E-state index contributed by atoms with van der Waals surface area (Å²) in [4.78, 5) is 4.21. The lowest BCUT2D eigenvalue weighted by Gasteiger charge is -2.56. The number of hydrogen-bond acceptors (Lipinski definition) is 5. The lowest BCUT2D eigenvalue weighted by molar-refractivity contribution is -0.0679. The van der Waals surface area contributed by atoms with E-state index in [4.69, 9.17) is 0 Å². The van der Waals surface area contributed by atoms with E-state index in [0.29, 0.717) is 17.6 Å². The molecule has 0 amide bonds. The molecule has 152 valence electrons. The summed E-state index contributed by atoms with van der Waals surface area (Å²) in [5, 5.41) is 29.5. The number of H-pyrrole nitrogens is 1. The summed E-state index contributed by atoms with van der Waals surface area (Å²) >= 11 is 1.59. The van der Waals surface area contributed by atoms with Crippen molar-refractivity contribution in [1.82, 2.24) is 15.2 Å². The zero-order valence-electron chi connectivity index (χ0n) is 16.8. The van der Waals surface area contributed by atoms with Gasteiger partial charge < -0.3 is 10.2 Å². The Labute approximate surface area is 171 Å². The molecular weight excluding hydrogens is 370 g/mol.